The van der Waals surface area contributed by atoms with E-state index >= 15 is 0 Å². The van der Waals surface area contributed by atoms with Crippen molar-refractivity contribution in [1.29, 1.82) is 0 Å². The average molecular weight is 410 g/mol. The van der Waals surface area contributed by atoms with Gasteiger partial charge in [0.15, 0.2) is 5.78 Å². The largest absolute Gasteiger partial charge is 0.311 e. The van der Waals surface area contributed by atoms with Crippen LogP contribution in [0.3, 0.4) is 0 Å². The highest BCUT2D eigenvalue weighted by molar-refractivity contribution is 6.06. The summed E-state index contributed by atoms with van der Waals surface area (Å²) in [5.41, 5.74) is 3.69. The average Bonchev–Trinajstić information content (AvgIpc) is 3.29. The number of piperidine rings is 3. The predicted molar refractivity (Wildman–Crippen MR) is 122 cm³/mol. The Morgan fingerprint density at radius 3 is 2.55 bits per heavy atom. The Labute approximate surface area is 183 Å². The van der Waals surface area contributed by atoms with Gasteiger partial charge < -0.3 is 5.32 Å². The van der Waals surface area contributed by atoms with Gasteiger partial charge in [-0.2, -0.15) is 0 Å². The van der Waals surface area contributed by atoms with Crippen LogP contribution in [0.1, 0.15) is 34.7 Å². The lowest BCUT2D eigenvalue weighted by Gasteiger charge is -2.57. The van der Waals surface area contributed by atoms with Crippen molar-refractivity contribution < 1.29 is 4.79 Å². The molecule has 4 aliphatic heterocycles. The summed E-state index contributed by atoms with van der Waals surface area (Å²) >= 11 is 0. The number of nitrogens with zero attached hydrogens (tertiary/aromatic N) is 2. The summed E-state index contributed by atoms with van der Waals surface area (Å²) in [5.74, 6) is 0.939. The van der Waals surface area contributed by atoms with Gasteiger partial charge in [0.05, 0.1) is 0 Å². The monoisotopic (exact) mass is 409 g/mol. The van der Waals surface area contributed by atoms with Crippen LogP contribution in [0.2, 0.25) is 0 Å². The molecule has 3 atom stereocenters. The van der Waals surface area contributed by atoms with Crippen LogP contribution in [-0.4, -0.2) is 46.9 Å². The highest BCUT2D eigenvalue weighted by Crippen LogP contribution is 2.51. The second-order valence-corrected chi connectivity index (χ2v) is 9.15. The number of ketones is 1. The number of nitrogens with one attached hydrogen (secondary N) is 1. The minimum Gasteiger partial charge on any atom is -0.311 e. The molecular weight excluding hydrogens is 382 g/mol. The highest BCUT2D eigenvalue weighted by atomic mass is 16.1. The molecule has 156 valence electrons. The minimum atomic E-state index is -0.528. The lowest BCUT2D eigenvalue weighted by Crippen LogP contribution is -2.72. The number of hydrogen-bond donors (Lipinski definition) is 1. The van der Waals surface area contributed by atoms with Crippen LogP contribution in [-0.2, 0) is 0 Å². The van der Waals surface area contributed by atoms with E-state index in [9.17, 15) is 4.79 Å². The first-order valence-electron chi connectivity index (χ1n) is 11.4. The summed E-state index contributed by atoms with van der Waals surface area (Å²) in [4.78, 5) is 21.3. The van der Waals surface area contributed by atoms with Gasteiger partial charge in [-0.05, 0) is 60.7 Å². The van der Waals surface area contributed by atoms with E-state index < -0.39 is 5.54 Å². The number of rotatable bonds is 4. The normalized spacial score (nSPS) is 31.4. The molecule has 0 saturated carbocycles. The van der Waals surface area contributed by atoms with Crippen molar-refractivity contribution in [2.45, 2.75) is 30.3 Å². The van der Waals surface area contributed by atoms with Crippen LogP contribution < -0.4 is 5.32 Å². The van der Waals surface area contributed by atoms with E-state index in [2.05, 4.69) is 45.5 Å². The zero-order valence-corrected chi connectivity index (χ0v) is 17.6. The number of pyridine rings is 1. The Morgan fingerprint density at radius 1 is 0.968 bits per heavy atom. The molecule has 4 heteroatoms. The number of hydrogen-bond acceptors (Lipinski definition) is 4. The zero-order valence-electron chi connectivity index (χ0n) is 17.6. The predicted octanol–water partition coefficient (Wildman–Crippen LogP) is 4.15. The van der Waals surface area contributed by atoms with E-state index in [-0.39, 0.29) is 17.7 Å². The van der Waals surface area contributed by atoms with Gasteiger partial charge in [-0.25, -0.2) is 0 Å². The molecule has 1 aromatic heterocycles. The van der Waals surface area contributed by atoms with Gasteiger partial charge in [0.25, 0.3) is 0 Å². The molecule has 0 aliphatic carbocycles. The van der Waals surface area contributed by atoms with Gasteiger partial charge in [0.1, 0.15) is 5.54 Å². The number of fused-ring (bicyclic) bond motifs is 2. The summed E-state index contributed by atoms with van der Waals surface area (Å²) < 4.78 is 0. The molecule has 7 rings (SSSR count). The molecule has 2 bridgehead atoms. The van der Waals surface area contributed by atoms with Crippen molar-refractivity contribution in [3.05, 3.63) is 90.3 Å². The lowest BCUT2D eigenvalue weighted by atomic mass is 9.63. The van der Waals surface area contributed by atoms with Gasteiger partial charge in [-0.1, -0.05) is 54.6 Å². The van der Waals surface area contributed by atoms with Crippen molar-refractivity contribution in [1.82, 2.24) is 15.2 Å². The van der Waals surface area contributed by atoms with Crippen molar-refractivity contribution >= 4 is 5.78 Å². The molecular formula is C27H27N3O. The first-order valence-corrected chi connectivity index (χ1v) is 11.4. The minimum absolute atomic E-state index is 0.113. The third kappa shape index (κ3) is 2.82. The van der Waals surface area contributed by atoms with Crippen molar-refractivity contribution in [2.24, 2.45) is 5.92 Å². The molecule has 4 nitrogen and oxygen atoms in total. The first kappa shape index (κ1) is 18.9. The Hall–Kier alpha value is -2.82. The number of carbonyl (C=O) groups is 1. The van der Waals surface area contributed by atoms with Gasteiger partial charge in [-0.15, -0.1) is 0 Å². The topological polar surface area (TPSA) is 45.2 Å². The van der Waals surface area contributed by atoms with Crippen LogP contribution >= 0.6 is 0 Å². The van der Waals surface area contributed by atoms with Crippen LogP contribution in [0.15, 0.2) is 79.1 Å². The number of carbonyl (C=O) groups excluding carboxylic acids is 1. The summed E-state index contributed by atoms with van der Waals surface area (Å²) in [6, 6.07) is 22.9. The third-order valence-electron chi connectivity index (χ3n) is 7.76. The SMILES string of the molecule is O=C(c1cccc(-c2ccccc2)c1)C12C(c3cccnc3)CNC1C1CCN2CC1. The van der Waals surface area contributed by atoms with E-state index in [0.717, 1.165) is 41.9 Å². The van der Waals surface area contributed by atoms with E-state index in [1.165, 1.54) is 12.8 Å². The fourth-order valence-corrected chi connectivity index (χ4v) is 6.42. The highest BCUT2D eigenvalue weighted by Gasteiger charge is 2.64. The molecule has 5 heterocycles. The summed E-state index contributed by atoms with van der Waals surface area (Å²) in [7, 11) is 0. The molecule has 4 fully saturated rings. The van der Waals surface area contributed by atoms with Gasteiger partial charge in [-0.3, -0.25) is 14.7 Å². The molecule has 0 amide bonds. The van der Waals surface area contributed by atoms with Gasteiger partial charge >= 0.3 is 0 Å². The maximum atomic E-state index is 14.5. The fraction of sp³-hybridized carbons (Fsp3) is 0.333. The second-order valence-electron chi connectivity index (χ2n) is 9.15. The Kier molecular flexibility index (Phi) is 4.51. The van der Waals surface area contributed by atoms with E-state index in [1.54, 1.807) is 0 Å². The van der Waals surface area contributed by atoms with Crippen molar-refractivity contribution in [3.63, 3.8) is 0 Å². The Morgan fingerprint density at radius 2 is 1.77 bits per heavy atom. The number of aromatic nitrogens is 1. The first-order chi connectivity index (χ1) is 15.3. The molecule has 3 unspecified atom stereocenters. The molecule has 3 aromatic rings. The number of Topliss-reactive ketones (excluding diaryl/α,β-unsaturated/α-hetero) is 1. The fourth-order valence-electron chi connectivity index (χ4n) is 6.42. The smallest absolute Gasteiger partial charge is 0.185 e. The second kappa shape index (κ2) is 7.40. The standard InChI is InChI=1S/C27H27N3O/c31-26(22-9-4-8-21(16-22)19-6-2-1-3-7-19)27-24(23-10-5-13-28-17-23)18-29-25(27)20-11-14-30(27)15-12-20/h1-10,13,16-17,20,24-25,29H,11-12,14-15,18H2. The molecule has 0 spiro atoms. The molecule has 2 aromatic carbocycles. The summed E-state index contributed by atoms with van der Waals surface area (Å²) in [6.45, 7) is 2.83. The lowest BCUT2D eigenvalue weighted by molar-refractivity contribution is -0.0313. The van der Waals surface area contributed by atoms with Crippen LogP contribution in [0.25, 0.3) is 11.1 Å². The molecule has 0 radical (unpaired) electrons. The maximum absolute atomic E-state index is 14.5. The molecule has 31 heavy (non-hydrogen) atoms. The zero-order chi connectivity index (χ0) is 20.8. The van der Waals surface area contributed by atoms with Crippen molar-refractivity contribution in [2.75, 3.05) is 19.6 Å². The van der Waals surface area contributed by atoms with Crippen LogP contribution in [0, 0.1) is 5.92 Å². The Bertz CT molecular complexity index is 1090. The Balaban J connectivity index is 1.48. The van der Waals surface area contributed by atoms with E-state index in [1.807, 2.05) is 48.8 Å². The van der Waals surface area contributed by atoms with Gasteiger partial charge in [0, 0.05) is 36.5 Å². The maximum Gasteiger partial charge on any atom is 0.185 e. The van der Waals surface area contributed by atoms with Crippen LogP contribution in [0.4, 0.5) is 0 Å². The summed E-state index contributed by atoms with van der Waals surface area (Å²) in [5, 5.41) is 3.79. The molecule has 4 saturated heterocycles. The third-order valence-corrected chi connectivity index (χ3v) is 7.76. The number of benzene rings is 2. The van der Waals surface area contributed by atoms with Crippen LogP contribution in [0.5, 0.6) is 0 Å². The molecule has 4 aliphatic rings. The molecule has 1 N–H and O–H groups in total. The van der Waals surface area contributed by atoms with E-state index in [0.29, 0.717) is 5.92 Å². The summed E-state index contributed by atoms with van der Waals surface area (Å²) in [6.07, 6.45) is 6.12. The quantitative estimate of drug-likeness (QED) is 0.658. The van der Waals surface area contributed by atoms with Crippen molar-refractivity contribution in [3.8, 4) is 11.1 Å². The van der Waals surface area contributed by atoms with E-state index in [4.69, 9.17) is 0 Å². The van der Waals surface area contributed by atoms with Gasteiger partial charge in [0.2, 0.25) is 0 Å².